The number of halogens is 1. The molecule has 2 aliphatic carbocycles. The molecule has 14 heteroatoms. The van der Waals surface area contributed by atoms with E-state index in [-0.39, 0.29) is 31.7 Å². The maximum atomic E-state index is 13.8. The number of nitrogens with one attached hydrogen (secondary N) is 3. The Morgan fingerprint density at radius 2 is 1.91 bits per heavy atom. The van der Waals surface area contributed by atoms with Crippen LogP contribution >= 0.6 is 11.6 Å². The third-order valence-electron chi connectivity index (χ3n) is 8.57. The maximum Gasteiger partial charge on any atom is 0.415 e. The summed E-state index contributed by atoms with van der Waals surface area (Å²) in [4.78, 5) is 67.9. The topological polar surface area (TPSA) is 167 Å². The molecule has 0 aromatic heterocycles. The number of likely N-dealkylation sites (tertiary alicyclic amines) is 1. The Hall–Kier alpha value is -3.58. The summed E-state index contributed by atoms with van der Waals surface area (Å²) in [5, 5.41) is 19.2. The van der Waals surface area contributed by atoms with E-state index in [1.165, 1.54) is 9.80 Å². The van der Waals surface area contributed by atoms with Crippen LogP contribution in [0.15, 0.2) is 24.3 Å². The Labute approximate surface area is 260 Å². The van der Waals surface area contributed by atoms with E-state index in [0.717, 1.165) is 38.5 Å². The van der Waals surface area contributed by atoms with Gasteiger partial charge in [0.1, 0.15) is 18.7 Å². The van der Waals surface area contributed by atoms with Gasteiger partial charge in [0.15, 0.2) is 11.7 Å². The van der Waals surface area contributed by atoms with Gasteiger partial charge in [-0.05, 0) is 63.1 Å². The van der Waals surface area contributed by atoms with E-state index in [1.807, 2.05) is 6.92 Å². The van der Waals surface area contributed by atoms with Crippen molar-refractivity contribution in [1.82, 2.24) is 20.9 Å². The quantitative estimate of drug-likeness (QED) is 0.288. The molecule has 0 bridgehead atoms. The molecule has 4 aliphatic rings. The number of hydrogen-bond donors (Lipinski definition) is 4. The van der Waals surface area contributed by atoms with E-state index in [0.29, 0.717) is 23.6 Å². The first kappa shape index (κ1) is 31.8. The van der Waals surface area contributed by atoms with E-state index >= 15 is 0 Å². The van der Waals surface area contributed by atoms with Gasteiger partial charge in [-0.2, -0.15) is 0 Å². The molecular weight excluding hydrogens is 594 g/mol. The largest absolute Gasteiger partial charge is 0.446 e. The summed E-state index contributed by atoms with van der Waals surface area (Å²) in [5.41, 5.74) is -0.710. The third-order valence-corrected chi connectivity index (χ3v) is 8.81. The van der Waals surface area contributed by atoms with Crippen molar-refractivity contribution in [2.75, 3.05) is 24.5 Å². The van der Waals surface area contributed by atoms with E-state index in [1.54, 1.807) is 24.3 Å². The molecule has 2 aliphatic heterocycles. The van der Waals surface area contributed by atoms with Crippen LogP contribution in [-0.2, 0) is 23.9 Å². The molecule has 4 N–H and O–H groups in total. The Kier molecular flexibility index (Phi) is 9.84. The van der Waals surface area contributed by atoms with Crippen LogP contribution in [0, 0.1) is 0 Å². The highest BCUT2D eigenvalue weighted by Gasteiger charge is 2.56. The summed E-state index contributed by atoms with van der Waals surface area (Å²) >= 11 is 6.14. The number of hydrogen-bond acceptors (Lipinski definition) is 8. The molecule has 1 spiro atoms. The summed E-state index contributed by atoms with van der Waals surface area (Å²) in [7, 11) is 0. The molecular formula is C30H40ClN5O8. The SMILES string of the molecule is CCC[C@H](NC(=O)[C@@H]1C[C@@]2(CN(c3cccc(Cl)c3)C(=O)O2)CN1C(=O)CNC(=O)OC1CCCC1)C(O)C(=O)NC1CC1. The van der Waals surface area contributed by atoms with Crippen LogP contribution in [0.2, 0.25) is 5.02 Å². The number of nitrogens with zero attached hydrogens (tertiary/aromatic N) is 2. The van der Waals surface area contributed by atoms with Gasteiger partial charge in [-0.1, -0.05) is 31.0 Å². The molecule has 4 atom stereocenters. The lowest BCUT2D eigenvalue weighted by Gasteiger charge is -2.28. The lowest BCUT2D eigenvalue weighted by Crippen LogP contribution is -2.55. The fourth-order valence-corrected chi connectivity index (χ4v) is 6.33. The molecule has 1 aromatic carbocycles. The lowest BCUT2D eigenvalue weighted by atomic mass is 9.98. The number of aliphatic hydroxyl groups excluding tert-OH is 1. The minimum absolute atomic E-state index is 0.0247. The molecule has 2 heterocycles. The van der Waals surface area contributed by atoms with E-state index < -0.39 is 60.2 Å². The van der Waals surface area contributed by atoms with E-state index in [4.69, 9.17) is 21.1 Å². The highest BCUT2D eigenvalue weighted by molar-refractivity contribution is 6.30. The van der Waals surface area contributed by atoms with Gasteiger partial charge < -0.3 is 35.4 Å². The standard InChI is InChI=1S/C30H40ClN5O8/c1-2-6-22(25(38)27(40)33-19-11-12-19)34-26(39)23-14-30(16-35(29(42)44-30)20-8-5-7-18(31)13-20)17-36(23)24(37)15-32-28(41)43-21-9-3-4-10-21/h5,7-8,13,19,21-23,25,38H,2-4,6,9-12,14-17H2,1H3,(H,32,41)(H,33,40)(H,34,39)/t22-,23-,25?,30+/m0/s1. The molecule has 1 unspecified atom stereocenters. The first-order valence-electron chi connectivity index (χ1n) is 15.4. The number of ether oxygens (including phenoxy) is 2. The second-order valence-electron chi connectivity index (χ2n) is 12.2. The number of benzene rings is 1. The molecule has 240 valence electrons. The monoisotopic (exact) mass is 633 g/mol. The van der Waals surface area contributed by atoms with Crippen molar-refractivity contribution < 1.29 is 38.6 Å². The van der Waals surface area contributed by atoms with Crippen LogP contribution in [0.1, 0.15) is 64.7 Å². The lowest BCUT2D eigenvalue weighted by molar-refractivity contribution is -0.139. The normalized spacial score (nSPS) is 24.6. The van der Waals surface area contributed by atoms with Crippen molar-refractivity contribution in [2.24, 2.45) is 0 Å². The molecule has 44 heavy (non-hydrogen) atoms. The van der Waals surface area contributed by atoms with Crippen molar-refractivity contribution in [1.29, 1.82) is 0 Å². The van der Waals surface area contributed by atoms with Crippen LogP contribution in [-0.4, -0.2) is 95.5 Å². The smallest absolute Gasteiger partial charge is 0.415 e. The molecule has 5 amide bonds. The number of rotatable bonds is 11. The summed E-state index contributed by atoms with van der Waals surface area (Å²) in [6.45, 7) is 1.39. The number of aliphatic hydroxyl groups is 1. The molecule has 5 rings (SSSR count). The summed E-state index contributed by atoms with van der Waals surface area (Å²) in [5.74, 6) is -1.73. The van der Waals surface area contributed by atoms with Crippen LogP contribution in [0.3, 0.4) is 0 Å². The van der Waals surface area contributed by atoms with Gasteiger partial charge in [-0.3, -0.25) is 19.3 Å². The van der Waals surface area contributed by atoms with Gasteiger partial charge in [0.05, 0.1) is 19.1 Å². The van der Waals surface area contributed by atoms with Crippen LogP contribution in [0.4, 0.5) is 15.3 Å². The van der Waals surface area contributed by atoms with Gasteiger partial charge in [0, 0.05) is 23.2 Å². The Balaban J connectivity index is 1.31. The summed E-state index contributed by atoms with van der Waals surface area (Å²) in [6, 6.07) is 4.74. The Morgan fingerprint density at radius 3 is 2.59 bits per heavy atom. The fraction of sp³-hybridized carbons (Fsp3) is 0.633. The first-order valence-corrected chi connectivity index (χ1v) is 15.7. The summed E-state index contributed by atoms with van der Waals surface area (Å²) in [6.07, 6.45) is 3.04. The number of carbonyl (C=O) groups excluding carboxylic acids is 5. The van der Waals surface area contributed by atoms with E-state index in [2.05, 4.69) is 16.0 Å². The van der Waals surface area contributed by atoms with Crippen molar-refractivity contribution in [3.8, 4) is 0 Å². The predicted molar refractivity (Wildman–Crippen MR) is 159 cm³/mol. The van der Waals surface area contributed by atoms with Crippen LogP contribution in [0.25, 0.3) is 0 Å². The minimum Gasteiger partial charge on any atom is -0.446 e. The second-order valence-corrected chi connectivity index (χ2v) is 12.6. The van der Waals surface area contributed by atoms with E-state index in [9.17, 15) is 29.1 Å². The molecule has 0 radical (unpaired) electrons. The zero-order valence-electron chi connectivity index (χ0n) is 24.8. The maximum absolute atomic E-state index is 13.8. The average Bonchev–Trinajstić information content (AvgIpc) is 3.36. The van der Waals surface area contributed by atoms with Crippen molar-refractivity contribution in [3.63, 3.8) is 0 Å². The Bertz CT molecular complexity index is 1270. The highest BCUT2D eigenvalue weighted by Crippen LogP contribution is 2.38. The fourth-order valence-electron chi connectivity index (χ4n) is 6.14. The van der Waals surface area contributed by atoms with Crippen LogP contribution in [0.5, 0.6) is 0 Å². The van der Waals surface area contributed by atoms with Gasteiger partial charge >= 0.3 is 12.2 Å². The second kappa shape index (κ2) is 13.6. The predicted octanol–water partition coefficient (Wildman–Crippen LogP) is 2.23. The van der Waals surface area contributed by atoms with Crippen molar-refractivity contribution in [2.45, 2.75) is 101 Å². The minimum atomic E-state index is -1.48. The van der Waals surface area contributed by atoms with Crippen molar-refractivity contribution >= 4 is 47.2 Å². The third kappa shape index (κ3) is 7.55. The average molecular weight is 634 g/mol. The number of carbonyl (C=O) groups is 5. The number of alkyl carbamates (subject to hydrolysis) is 1. The molecule has 4 fully saturated rings. The number of amides is 5. The highest BCUT2D eigenvalue weighted by atomic mass is 35.5. The van der Waals surface area contributed by atoms with Gasteiger partial charge in [-0.25, -0.2) is 9.59 Å². The first-order chi connectivity index (χ1) is 21.1. The van der Waals surface area contributed by atoms with Crippen LogP contribution < -0.4 is 20.9 Å². The number of anilines is 1. The zero-order chi connectivity index (χ0) is 31.4. The van der Waals surface area contributed by atoms with Gasteiger partial charge in [-0.15, -0.1) is 0 Å². The summed E-state index contributed by atoms with van der Waals surface area (Å²) < 4.78 is 11.2. The Morgan fingerprint density at radius 1 is 1.16 bits per heavy atom. The molecule has 2 saturated heterocycles. The zero-order valence-corrected chi connectivity index (χ0v) is 25.5. The molecule has 2 saturated carbocycles. The van der Waals surface area contributed by atoms with Crippen molar-refractivity contribution in [3.05, 3.63) is 29.3 Å². The van der Waals surface area contributed by atoms with Gasteiger partial charge in [0.25, 0.3) is 5.91 Å². The molecule has 1 aromatic rings. The molecule has 13 nitrogen and oxygen atoms in total. The van der Waals surface area contributed by atoms with Gasteiger partial charge in [0.2, 0.25) is 11.8 Å².